The zero-order valence-corrected chi connectivity index (χ0v) is 10.2. The summed E-state index contributed by atoms with van der Waals surface area (Å²) in [7, 11) is 0. The van der Waals surface area contributed by atoms with Crippen LogP contribution in [0.2, 0.25) is 0 Å². The Labute approximate surface area is 101 Å². The maximum Gasteiger partial charge on any atom is 0.252 e. The average molecular weight is 287 g/mol. The lowest BCUT2D eigenvalue weighted by Crippen LogP contribution is -2.39. The van der Waals surface area contributed by atoms with Crippen molar-refractivity contribution < 1.29 is 9.18 Å². The van der Waals surface area contributed by atoms with Gasteiger partial charge in [-0.3, -0.25) is 4.79 Å². The van der Waals surface area contributed by atoms with Crippen molar-refractivity contribution in [2.24, 2.45) is 0 Å². The highest BCUT2D eigenvalue weighted by Crippen LogP contribution is 2.24. The van der Waals surface area contributed by atoms with Gasteiger partial charge in [0.05, 0.1) is 11.3 Å². The van der Waals surface area contributed by atoms with Crippen molar-refractivity contribution in [2.75, 3.05) is 5.73 Å². The van der Waals surface area contributed by atoms with E-state index in [1.807, 2.05) is 0 Å². The molecule has 0 saturated heterocycles. The number of rotatable bonds is 2. The first-order valence-electron chi connectivity index (χ1n) is 5.13. The molecule has 3 nitrogen and oxygen atoms in total. The molecule has 1 saturated carbocycles. The lowest BCUT2D eigenvalue weighted by atomic mass is 9.93. The van der Waals surface area contributed by atoms with Crippen LogP contribution in [0.4, 0.5) is 10.1 Å². The maximum absolute atomic E-state index is 13.1. The van der Waals surface area contributed by atoms with E-state index in [0.29, 0.717) is 10.0 Å². The summed E-state index contributed by atoms with van der Waals surface area (Å²) >= 11 is 3.16. The van der Waals surface area contributed by atoms with Gasteiger partial charge in [-0.25, -0.2) is 4.39 Å². The highest BCUT2D eigenvalue weighted by Gasteiger charge is 2.21. The number of carbonyl (C=O) groups excluding carboxylic acids is 1. The van der Waals surface area contributed by atoms with Crippen molar-refractivity contribution in [2.45, 2.75) is 25.3 Å². The lowest BCUT2D eigenvalue weighted by Gasteiger charge is -2.26. The number of amides is 1. The van der Waals surface area contributed by atoms with E-state index in [2.05, 4.69) is 21.2 Å². The topological polar surface area (TPSA) is 55.1 Å². The molecule has 1 aromatic rings. The number of hydrogen-bond acceptors (Lipinski definition) is 2. The molecule has 0 aromatic heterocycles. The standard InChI is InChI=1S/C11H12BrFN2O/c12-8-5-9(13)10(14)4-7(8)11(16)15-6-2-1-3-6/h4-6H,1-3,14H2,(H,15,16). The molecule has 1 aromatic carbocycles. The van der Waals surface area contributed by atoms with Gasteiger partial charge in [0.2, 0.25) is 0 Å². The van der Waals surface area contributed by atoms with E-state index >= 15 is 0 Å². The number of nitrogens with two attached hydrogens (primary N) is 1. The molecule has 1 amide bonds. The van der Waals surface area contributed by atoms with Gasteiger partial charge in [-0.2, -0.15) is 0 Å². The van der Waals surface area contributed by atoms with Gasteiger partial charge in [0.1, 0.15) is 5.82 Å². The molecule has 0 atom stereocenters. The lowest BCUT2D eigenvalue weighted by molar-refractivity contribution is 0.0916. The molecule has 1 fully saturated rings. The Morgan fingerprint density at radius 2 is 2.19 bits per heavy atom. The van der Waals surface area contributed by atoms with Crippen LogP contribution in [-0.4, -0.2) is 11.9 Å². The third-order valence-electron chi connectivity index (χ3n) is 2.77. The van der Waals surface area contributed by atoms with Crippen LogP contribution in [0.15, 0.2) is 16.6 Å². The summed E-state index contributed by atoms with van der Waals surface area (Å²) in [5, 5.41) is 2.87. The van der Waals surface area contributed by atoms with E-state index in [4.69, 9.17) is 5.73 Å². The smallest absolute Gasteiger partial charge is 0.252 e. The van der Waals surface area contributed by atoms with Crippen molar-refractivity contribution >= 4 is 27.5 Å². The predicted molar refractivity (Wildman–Crippen MR) is 63.6 cm³/mol. The first kappa shape index (κ1) is 11.4. The van der Waals surface area contributed by atoms with Crippen LogP contribution in [0.1, 0.15) is 29.6 Å². The molecule has 3 N–H and O–H groups in total. The predicted octanol–water partition coefficient (Wildman–Crippen LogP) is 2.45. The second-order valence-corrected chi connectivity index (χ2v) is 4.81. The largest absolute Gasteiger partial charge is 0.396 e. The fraction of sp³-hybridized carbons (Fsp3) is 0.364. The first-order chi connectivity index (χ1) is 7.58. The molecular weight excluding hydrogens is 275 g/mol. The average Bonchev–Trinajstić information content (AvgIpc) is 2.17. The molecule has 0 aliphatic heterocycles. The van der Waals surface area contributed by atoms with Crippen molar-refractivity contribution in [3.05, 3.63) is 28.0 Å². The van der Waals surface area contributed by atoms with Crippen molar-refractivity contribution in [1.29, 1.82) is 0 Å². The zero-order valence-electron chi connectivity index (χ0n) is 8.59. The Hall–Kier alpha value is -1.10. The van der Waals surface area contributed by atoms with Gasteiger partial charge in [-0.1, -0.05) is 0 Å². The van der Waals surface area contributed by atoms with Crippen LogP contribution in [0.5, 0.6) is 0 Å². The van der Waals surface area contributed by atoms with Crippen molar-refractivity contribution in [3.8, 4) is 0 Å². The molecule has 0 radical (unpaired) electrons. The normalized spacial score (nSPS) is 15.6. The van der Waals surface area contributed by atoms with Crippen molar-refractivity contribution in [3.63, 3.8) is 0 Å². The van der Waals surface area contributed by atoms with Gasteiger partial charge in [0.15, 0.2) is 0 Å². The molecule has 1 aliphatic carbocycles. The van der Waals surface area contributed by atoms with Crippen molar-refractivity contribution in [1.82, 2.24) is 5.32 Å². The Morgan fingerprint density at radius 1 is 1.50 bits per heavy atom. The van der Waals surface area contributed by atoms with Crippen LogP contribution in [0.25, 0.3) is 0 Å². The van der Waals surface area contributed by atoms with E-state index in [-0.39, 0.29) is 17.6 Å². The van der Waals surface area contributed by atoms with Gasteiger partial charge < -0.3 is 11.1 Å². The van der Waals surface area contributed by atoms with E-state index in [1.165, 1.54) is 12.1 Å². The molecule has 0 heterocycles. The second kappa shape index (κ2) is 4.41. The summed E-state index contributed by atoms with van der Waals surface area (Å²) in [6.07, 6.45) is 3.18. The SMILES string of the molecule is Nc1cc(C(=O)NC2CCC2)c(Br)cc1F. The van der Waals surface area contributed by atoms with Gasteiger partial charge in [0, 0.05) is 10.5 Å². The zero-order chi connectivity index (χ0) is 11.7. The number of carbonyl (C=O) groups is 1. The number of nitrogens with one attached hydrogen (secondary N) is 1. The molecule has 2 rings (SSSR count). The van der Waals surface area contributed by atoms with Gasteiger partial charge in [-0.15, -0.1) is 0 Å². The first-order valence-corrected chi connectivity index (χ1v) is 5.92. The highest BCUT2D eigenvalue weighted by atomic mass is 79.9. The van der Waals surface area contributed by atoms with Crippen LogP contribution >= 0.6 is 15.9 Å². The maximum atomic E-state index is 13.1. The second-order valence-electron chi connectivity index (χ2n) is 3.95. The fourth-order valence-electron chi connectivity index (χ4n) is 1.56. The summed E-state index contributed by atoms with van der Waals surface area (Å²) < 4.78 is 13.5. The molecule has 0 unspecified atom stereocenters. The molecular formula is C11H12BrFN2O. The summed E-state index contributed by atoms with van der Waals surface area (Å²) in [5.74, 6) is -0.727. The minimum absolute atomic E-state index is 0.0121. The van der Waals surface area contributed by atoms with Crippen LogP contribution in [0, 0.1) is 5.82 Å². The third-order valence-corrected chi connectivity index (χ3v) is 3.43. The minimum atomic E-state index is -0.521. The summed E-state index contributed by atoms with van der Waals surface area (Å²) in [4.78, 5) is 11.8. The summed E-state index contributed by atoms with van der Waals surface area (Å²) in [5.41, 5.74) is 5.80. The number of hydrogen-bond donors (Lipinski definition) is 2. The molecule has 16 heavy (non-hydrogen) atoms. The van der Waals surface area contributed by atoms with Crippen LogP contribution in [0.3, 0.4) is 0 Å². The van der Waals surface area contributed by atoms with Gasteiger partial charge in [-0.05, 0) is 47.3 Å². The molecule has 86 valence electrons. The van der Waals surface area contributed by atoms with Gasteiger partial charge >= 0.3 is 0 Å². The van der Waals surface area contributed by atoms with E-state index < -0.39 is 5.82 Å². The third kappa shape index (κ3) is 2.19. The molecule has 1 aliphatic rings. The fourth-order valence-corrected chi connectivity index (χ4v) is 2.05. The molecule has 5 heteroatoms. The monoisotopic (exact) mass is 286 g/mol. The van der Waals surface area contributed by atoms with Crippen LogP contribution < -0.4 is 11.1 Å². The summed E-state index contributed by atoms with van der Waals surface area (Å²) in [6, 6.07) is 2.82. The number of benzene rings is 1. The van der Waals surface area contributed by atoms with Gasteiger partial charge in [0.25, 0.3) is 5.91 Å². The summed E-state index contributed by atoms with van der Waals surface area (Å²) in [6.45, 7) is 0. The Morgan fingerprint density at radius 3 is 2.75 bits per heavy atom. The molecule has 0 spiro atoms. The minimum Gasteiger partial charge on any atom is -0.396 e. The highest BCUT2D eigenvalue weighted by molar-refractivity contribution is 9.10. The number of anilines is 1. The van der Waals surface area contributed by atoms with E-state index in [1.54, 1.807) is 0 Å². The van der Waals surface area contributed by atoms with E-state index in [0.717, 1.165) is 19.3 Å². The Balaban J connectivity index is 2.18. The van der Waals surface area contributed by atoms with Crippen LogP contribution in [-0.2, 0) is 0 Å². The van der Waals surface area contributed by atoms with E-state index in [9.17, 15) is 9.18 Å². The molecule has 0 bridgehead atoms. The Kier molecular flexibility index (Phi) is 3.14. The quantitative estimate of drug-likeness (QED) is 0.821. The number of halogens is 2. The number of nitrogen functional groups attached to an aromatic ring is 1. The Bertz CT molecular complexity index is 432.